The minimum Gasteiger partial charge on any atom is -0.489 e. The summed E-state index contributed by atoms with van der Waals surface area (Å²) in [6.07, 6.45) is 0. The number of hydrogen-bond donors (Lipinski definition) is 0. The summed E-state index contributed by atoms with van der Waals surface area (Å²) in [5.74, 6) is -0.710. The van der Waals surface area contributed by atoms with Gasteiger partial charge in [0.25, 0.3) is 0 Å². The average molecular weight is 417 g/mol. The third-order valence-electron chi connectivity index (χ3n) is 3.65. The lowest BCUT2D eigenvalue weighted by Crippen LogP contribution is -2.06. The molecular weight excluding hydrogens is 404 g/mol. The summed E-state index contributed by atoms with van der Waals surface area (Å²) in [6.45, 7) is -2.84. The van der Waals surface area contributed by atoms with Crippen molar-refractivity contribution in [3.8, 4) is 22.9 Å². The molecule has 0 spiro atoms. The highest BCUT2D eigenvalue weighted by Crippen LogP contribution is 2.37. The van der Waals surface area contributed by atoms with Gasteiger partial charge in [0.2, 0.25) is 5.88 Å². The summed E-state index contributed by atoms with van der Waals surface area (Å²) in [4.78, 5) is 0. The van der Waals surface area contributed by atoms with Crippen LogP contribution in [0.2, 0.25) is 10.0 Å². The van der Waals surface area contributed by atoms with Crippen LogP contribution in [0, 0.1) is 5.82 Å². The maximum Gasteiger partial charge on any atom is 0.388 e. The second-order valence-electron chi connectivity index (χ2n) is 5.53. The molecule has 0 radical (unpaired) electrons. The zero-order valence-electron chi connectivity index (χ0n) is 13.9. The first-order valence-electron chi connectivity index (χ1n) is 7.69. The molecule has 27 heavy (non-hydrogen) atoms. The molecule has 0 aliphatic carbocycles. The first-order valence-corrected chi connectivity index (χ1v) is 8.45. The molecule has 0 fully saturated rings. The second-order valence-corrected chi connectivity index (χ2v) is 6.34. The minimum absolute atomic E-state index is 0.00318. The van der Waals surface area contributed by atoms with E-state index in [1.165, 1.54) is 25.2 Å². The van der Waals surface area contributed by atoms with Crippen LogP contribution in [-0.2, 0) is 13.7 Å². The van der Waals surface area contributed by atoms with Crippen molar-refractivity contribution in [1.29, 1.82) is 0 Å². The molecule has 9 heteroatoms. The lowest BCUT2D eigenvalue weighted by molar-refractivity contribution is -0.0552. The van der Waals surface area contributed by atoms with E-state index in [0.29, 0.717) is 10.8 Å². The zero-order valence-corrected chi connectivity index (χ0v) is 15.4. The van der Waals surface area contributed by atoms with Crippen molar-refractivity contribution in [3.63, 3.8) is 0 Å². The van der Waals surface area contributed by atoms with Gasteiger partial charge in [0.05, 0.1) is 0 Å². The third-order valence-corrected chi connectivity index (χ3v) is 4.25. The van der Waals surface area contributed by atoms with Gasteiger partial charge in [0.1, 0.15) is 28.9 Å². The van der Waals surface area contributed by atoms with Crippen LogP contribution in [-0.4, -0.2) is 16.4 Å². The SMILES string of the molecule is Cn1nc(-c2ccc(OCc3ccc(Cl)cc3)cc2F)c(Cl)c1OC(F)F. The number of halogens is 5. The number of aryl methyl sites for hydroxylation is 1. The quantitative estimate of drug-likeness (QED) is 0.515. The first kappa shape index (κ1) is 19.4. The number of rotatable bonds is 6. The van der Waals surface area contributed by atoms with Crippen LogP contribution in [0.5, 0.6) is 11.6 Å². The monoisotopic (exact) mass is 416 g/mol. The predicted molar refractivity (Wildman–Crippen MR) is 96.0 cm³/mol. The van der Waals surface area contributed by atoms with Crippen LogP contribution in [0.15, 0.2) is 42.5 Å². The van der Waals surface area contributed by atoms with Crippen molar-refractivity contribution >= 4 is 23.2 Å². The number of hydrogen-bond acceptors (Lipinski definition) is 3. The number of ether oxygens (including phenoxy) is 2. The molecule has 0 unspecified atom stereocenters. The first-order chi connectivity index (χ1) is 12.8. The zero-order chi connectivity index (χ0) is 19.6. The standard InChI is InChI=1S/C18H13Cl2F3N2O2/c1-25-17(27-18(22)23)15(20)16(24-25)13-7-6-12(8-14(13)21)26-9-10-2-4-11(19)5-3-10/h2-8,18H,9H2,1H3. The van der Waals surface area contributed by atoms with Crippen LogP contribution >= 0.6 is 23.2 Å². The molecule has 2 aromatic carbocycles. The second kappa shape index (κ2) is 8.10. The molecule has 0 N–H and O–H groups in total. The Labute approximate surface area is 163 Å². The van der Waals surface area contributed by atoms with Gasteiger partial charge in [-0.25, -0.2) is 9.07 Å². The summed E-state index contributed by atoms with van der Waals surface area (Å²) in [5, 5.41) is 4.36. The predicted octanol–water partition coefficient (Wildman–Crippen LogP) is 5.71. The summed E-state index contributed by atoms with van der Waals surface area (Å²) >= 11 is 11.8. The maximum atomic E-state index is 14.5. The largest absolute Gasteiger partial charge is 0.489 e. The van der Waals surface area contributed by atoms with E-state index >= 15 is 0 Å². The van der Waals surface area contributed by atoms with E-state index in [0.717, 1.165) is 10.2 Å². The normalized spacial score (nSPS) is 11.1. The molecule has 3 rings (SSSR count). The van der Waals surface area contributed by atoms with Gasteiger partial charge in [0.15, 0.2) is 0 Å². The van der Waals surface area contributed by atoms with Gasteiger partial charge in [-0.2, -0.15) is 13.9 Å². The minimum atomic E-state index is -3.07. The van der Waals surface area contributed by atoms with E-state index in [9.17, 15) is 13.2 Å². The van der Waals surface area contributed by atoms with Crippen LogP contribution in [0.25, 0.3) is 11.3 Å². The summed E-state index contributed by atoms with van der Waals surface area (Å²) in [5.41, 5.74) is 0.903. The Hall–Kier alpha value is -2.38. The van der Waals surface area contributed by atoms with E-state index in [2.05, 4.69) is 9.84 Å². The van der Waals surface area contributed by atoms with Gasteiger partial charge < -0.3 is 9.47 Å². The third kappa shape index (κ3) is 4.48. The molecule has 1 aromatic heterocycles. The van der Waals surface area contributed by atoms with Crippen LogP contribution in [0.1, 0.15) is 5.56 Å². The maximum absolute atomic E-state index is 14.5. The highest BCUT2D eigenvalue weighted by atomic mass is 35.5. The Kier molecular flexibility index (Phi) is 5.82. The molecule has 0 atom stereocenters. The van der Waals surface area contributed by atoms with Crippen molar-refractivity contribution in [2.45, 2.75) is 13.2 Å². The van der Waals surface area contributed by atoms with Crippen molar-refractivity contribution in [3.05, 3.63) is 63.9 Å². The molecule has 4 nitrogen and oxygen atoms in total. The topological polar surface area (TPSA) is 36.3 Å². The number of alkyl halides is 2. The smallest absolute Gasteiger partial charge is 0.388 e. The summed E-state index contributed by atoms with van der Waals surface area (Å²) in [7, 11) is 1.37. The van der Waals surface area contributed by atoms with E-state index in [1.807, 2.05) is 0 Å². The number of aromatic nitrogens is 2. The highest BCUT2D eigenvalue weighted by molar-refractivity contribution is 6.34. The molecule has 3 aromatic rings. The van der Waals surface area contributed by atoms with E-state index < -0.39 is 12.4 Å². The molecule has 0 bridgehead atoms. The molecular formula is C18H13Cl2F3N2O2. The van der Waals surface area contributed by atoms with Gasteiger partial charge in [-0.1, -0.05) is 35.3 Å². The molecule has 0 saturated heterocycles. The van der Waals surface area contributed by atoms with Crippen LogP contribution in [0.4, 0.5) is 13.2 Å². The number of nitrogens with zero attached hydrogens (tertiary/aromatic N) is 2. The Morgan fingerprint density at radius 2 is 1.81 bits per heavy atom. The molecule has 0 aliphatic rings. The van der Waals surface area contributed by atoms with Gasteiger partial charge in [-0.15, -0.1) is 0 Å². The molecule has 0 saturated carbocycles. The van der Waals surface area contributed by atoms with E-state index in [4.69, 9.17) is 27.9 Å². The van der Waals surface area contributed by atoms with E-state index in [-0.39, 0.29) is 28.8 Å². The lowest BCUT2D eigenvalue weighted by Gasteiger charge is -2.08. The van der Waals surface area contributed by atoms with Crippen molar-refractivity contribution in [1.82, 2.24) is 9.78 Å². The Morgan fingerprint density at radius 3 is 2.44 bits per heavy atom. The van der Waals surface area contributed by atoms with Gasteiger partial charge >= 0.3 is 6.61 Å². The Bertz CT molecular complexity index is 947. The number of benzene rings is 2. The highest BCUT2D eigenvalue weighted by Gasteiger charge is 2.22. The van der Waals surface area contributed by atoms with Crippen LogP contribution in [0.3, 0.4) is 0 Å². The fraction of sp³-hybridized carbons (Fsp3) is 0.167. The van der Waals surface area contributed by atoms with Crippen molar-refractivity contribution in [2.24, 2.45) is 7.05 Å². The molecule has 0 amide bonds. The van der Waals surface area contributed by atoms with Gasteiger partial charge in [0, 0.05) is 23.7 Å². The Balaban J connectivity index is 1.80. The molecule has 142 valence electrons. The van der Waals surface area contributed by atoms with Gasteiger partial charge in [-0.3, -0.25) is 0 Å². The van der Waals surface area contributed by atoms with Crippen molar-refractivity contribution < 1.29 is 22.6 Å². The van der Waals surface area contributed by atoms with Crippen LogP contribution < -0.4 is 9.47 Å². The Morgan fingerprint density at radius 1 is 1.11 bits per heavy atom. The fourth-order valence-corrected chi connectivity index (χ4v) is 2.82. The molecule has 1 heterocycles. The average Bonchev–Trinajstić information content (AvgIpc) is 2.89. The fourth-order valence-electron chi connectivity index (χ4n) is 2.39. The van der Waals surface area contributed by atoms with Crippen molar-refractivity contribution in [2.75, 3.05) is 0 Å². The molecule has 0 aliphatic heterocycles. The lowest BCUT2D eigenvalue weighted by atomic mass is 10.1. The van der Waals surface area contributed by atoms with Gasteiger partial charge in [-0.05, 0) is 29.8 Å². The van der Waals surface area contributed by atoms with E-state index in [1.54, 1.807) is 24.3 Å². The summed E-state index contributed by atoms with van der Waals surface area (Å²) < 4.78 is 50.3. The summed E-state index contributed by atoms with van der Waals surface area (Å²) in [6, 6.07) is 11.2.